The van der Waals surface area contributed by atoms with Gasteiger partial charge in [-0.05, 0) is 12.1 Å². The van der Waals surface area contributed by atoms with Crippen molar-refractivity contribution in [3.63, 3.8) is 0 Å². The zero-order chi connectivity index (χ0) is 7.52. The van der Waals surface area contributed by atoms with Gasteiger partial charge in [-0.3, -0.25) is 4.98 Å². The number of fused-ring (bicyclic) bond motifs is 1. The molecule has 3 nitrogen and oxygen atoms in total. The number of ether oxygens (including phenoxy) is 2. The third-order valence-electron chi connectivity index (χ3n) is 1.42. The van der Waals surface area contributed by atoms with Gasteiger partial charge >= 0.3 is 0 Å². The topological polar surface area (TPSA) is 31.4 Å². The molecular formula is C8H7NO2. The number of pyridine rings is 1. The molecule has 1 aromatic rings. The highest BCUT2D eigenvalue weighted by Gasteiger charge is 2.05. The molecule has 3 heteroatoms. The maximum atomic E-state index is 5.18. The summed E-state index contributed by atoms with van der Waals surface area (Å²) >= 11 is 0. The molecule has 0 bridgehead atoms. The second-order valence-corrected chi connectivity index (χ2v) is 2.15. The second-order valence-electron chi connectivity index (χ2n) is 2.15. The first-order chi connectivity index (χ1) is 5.47. The lowest BCUT2D eigenvalue weighted by molar-refractivity contribution is 0.233. The summed E-state index contributed by atoms with van der Waals surface area (Å²) in [6.07, 6.45) is 4.74. The van der Waals surface area contributed by atoms with Gasteiger partial charge in [0.2, 0.25) is 0 Å². The highest BCUT2D eigenvalue weighted by atomic mass is 16.5. The van der Waals surface area contributed by atoms with Gasteiger partial charge in [-0.15, -0.1) is 0 Å². The fourth-order valence-electron chi connectivity index (χ4n) is 0.906. The largest absolute Gasteiger partial charge is 0.492 e. The van der Waals surface area contributed by atoms with Crippen LogP contribution >= 0.6 is 0 Å². The third kappa shape index (κ3) is 1.17. The van der Waals surface area contributed by atoms with E-state index in [0.717, 1.165) is 11.4 Å². The SMILES string of the molecule is C1=COc2cccnc2CO1. The molecule has 11 heavy (non-hydrogen) atoms. The lowest BCUT2D eigenvalue weighted by atomic mass is 10.3. The molecular weight excluding hydrogens is 142 g/mol. The number of rotatable bonds is 0. The van der Waals surface area contributed by atoms with E-state index in [1.165, 1.54) is 12.5 Å². The molecule has 0 spiro atoms. The summed E-state index contributed by atoms with van der Waals surface area (Å²) in [5.41, 5.74) is 0.831. The fraction of sp³-hybridized carbons (Fsp3) is 0.125. The first-order valence-electron chi connectivity index (χ1n) is 3.34. The Kier molecular flexibility index (Phi) is 1.48. The molecule has 0 saturated carbocycles. The summed E-state index contributed by atoms with van der Waals surface area (Å²) < 4.78 is 10.2. The van der Waals surface area contributed by atoms with E-state index in [4.69, 9.17) is 9.47 Å². The molecule has 56 valence electrons. The van der Waals surface area contributed by atoms with Gasteiger partial charge in [-0.2, -0.15) is 0 Å². The van der Waals surface area contributed by atoms with E-state index in [2.05, 4.69) is 4.98 Å². The molecule has 0 radical (unpaired) electrons. The van der Waals surface area contributed by atoms with E-state index in [1.54, 1.807) is 6.20 Å². The predicted octanol–water partition coefficient (Wildman–Crippen LogP) is 1.46. The number of nitrogens with zero attached hydrogens (tertiary/aromatic N) is 1. The van der Waals surface area contributed by atoms with Gasteiger partial charge in [0.25, 0.3) is 0 Å². The molecule has 2 rings (SSSR count). The maximum Gasteiger partial charge on any atom is 0.151 e. The average molecular weight is 149 g/mol. The zero-order valence-corrected chi connectivity index (χ0v) is 5.86. The van der Waals surface area contributed by atoms with E-state index in [1.807, 2.05) is 12.1 Å². The summed E-state index contributed by atoms with van der Waals surface area (Å²) in [7, 11) is 0. The van der Waals surface area contributed by atoms with Gasteiger partial charge in [-0.1, -0.05) is 0 Å². The van der Waals surface area contributed by atoms with Crippen molar-refractivity contribution in [3.05, 3.63) is 36.5 Å². The van der Waals surface area contributed by atoms with Crippen LogP contribution in [0.2, 0.25) is 0 Å². The van der Waals surface area contributed by atoms with Crippen LogP contribution in [0.1, 0.15) is 5.69 Å². The van der Waals surface area contributed by atoms with E-state index in [9.17, 15) is 0 Å². The molecule has 0 amide bonds. The van der Waals surface area contributed by atoms with Gasteiger partial charge in [0.15, 0.2) is 5.75 Å². The molecule has 1 aliphatic rings. The number of hydrogen-bond acceptors (Lipinski definition) is 3. The minimum atomic E-state index is 0.479. The number of hydrogen-bond donors (Lipinski definition) is 0. The molecule has 0 fully saturated rings. The summed E-state index contributed by atoms with van der Waals surface area (Å²) in [6.45, 7) is 0.479. The van der Waals surface area contributed by atoms with Crippen molar-refractivity contribution >= 4 is 0 Å². The minimum Gasteiger partial charge on any atom is -0.492 e. The van der Waals surface area contributed by atoms with Crippen LogP contribution in [-0.2, 0) is 11.3 Å². The van der Waals surface area contributed by atoms with Gasteiger partial charge in [0.1, 0.15) is 24.8 Å². The molecule has 0 N–H and O–H groups in total. The van der Waals surface area contributed by atoms with Gasteiger partial charge in [0, 0.05) is 6.20 Å². The van der Waals surface area contributed by atoms with E-state index >= 15 is 0 Å². The van der Waals surface area contributed by atoms with Crippen molar-refractivity contribution in [1.82, 2.24) is 4.98 Å². The Morgan fingerprint density at radius 2 is 2.36 bits per heavy atom. The van der Waals surface area contributed by atoms with Crippen LogP contribution in [0.3, 0.4) is 0 Å². The van der Waals surface area contributed by atoms with Crippen LogP contribution in [0.5, 0.6) is 5.75 Å². The monoisotopic (exact) mass is 149 g/mol. The first-order valence-corrected chi connectivity index (χ1v) is 3.34. The summed E-state index contributed by atoms with van der Waals surface area (Å²) in [5.74, 6) is 0.765. The highest BCUT2D eigenvalue weighted by molar-refractivity contribution is 5.27. The van der Waals surface area contributed by atoms with Gasteiger partial charge < -0.3 is 9.47 Å². The maximum absolute atomic E-state index is 5.18. The van der Waals surface area contributed by atoms with Crippen molar-refractivity contribution in [3.8, 4) is 5.75 Å². The Hall–Kier alpha value is -1.51. The van der Waals surface area contributed by atoms with Crippen molar-refractivity contribution in [1.29, 1.82) is 0 Å². The van der Waals surface area contributed by atoms with Gasteiger partial charge in [0.05, 0.1) is 0 Å². The Bertz CT molecular complexity index is 283. The van der Waals surface area contributed by atoms with Crippen LogP contribution in [0.15, 0.2) is 30.9 Å². The van der Waals surface area contributed by atoms with Crippen LogP contribution in [0, 0.1) is 0 Å². The van der Waals surface area contributed by atoms with E-state index in [-0.39, 0.29) is 0 Å². The molecule has 0 saturated heterocycles. The Morgan fingerprint density at radius 3 is 3.36 bits per heavy atom. The minimum absolute atomic E-state index is 0.479. The van der Waals surface area contributed by atoms with Crippen molar-refractivity contribution < 1.29 is 9.47 Å². The van der Waals surface area contributed by atoms with Crippen molar-refractivity contribution in [2.45, 2.75) is 6.61 Å². The first kappa shape index (κ1) is 6.22. The summed E-state index contributed by atoms with van der Waals surface area (Å²) in [6, 6.07) is 3.69. The summed E-state index contributed by atoms with van der Waals surface area (Å²) in [5, 5.41) is 0. The second kappa shape index (κ2) is 2.62. The molecule has 0 aromatic carbocycles. The molecule has 0 atom stereocenters. The quantitative estimate of drug-likeness (QED) is 0.559. The zero-order valence-electron chi connectivity index (χ0n) is 5.86. The standard InChI is InChI=1S/C8H7NO2/c1-2-8-7(9-3-1)6-10-4-5-11-8/h1-5H,6H2. The number of aromatic nitrogens is 1. The molecule has 1 aliphatic heterocycles. The van der Waals surface area contributed by atoms with Crippen LogP contribution < -0.4 is 4.74 Å². The normalized spacial score (nSPS) is 14.2. The molecule has 2 heterocycles. The summed E-state index contributed by atoms with van der Waals surface area (Å²) in [4.78, 5) is 4.09. The highest BCUT2D eigenvalue weighted by Crippen LogP contribution is 2.18. The van der Waals surface area contributed by atoms with Crippen molar-refractivity contribution in [2.75, 3.05) is 0 Å². The third-order valence-corrected chi connectivity index (χ3v) is 1.42. The molecule has 1 aromatic heterocycles. The van der Waals surface area contributed by atoms with E-state index < -0.39 is 0 Å². The van der Waals surface area contributed by atoms with Crippen LogP contribution in [0.25, 0.3) is 0 Å². The lowest BCUT2D eigenvalue weighted by Crippen LogP contribution is -1.91. The predicted molar refractivity (Wildman–Crippen MR) is 38.8 cm³/mol. The average Bonchev–Trinajstić information content (AvgIpc) is 2.28. The Balaban J connectivity index is 2.40. The Labute approximate surface area is 64.3 Å². The van der Waals surface area contributed by atoms with Crippen molar-refractivity contribution in [2.24, 2.45) is 0 Å². The Morgan fingerprint density at radius 1 is 1.36 bits per heavy atom. The molecule has 0 unspecified atom stereocenters. The fourth-order valence-corrected chi connectivity index (χ4v) is 0.906. The smallest absolute Gasteiger partial charge is 0.151 e. The van der Waals surface area contributed by atoms with Gasteiger partial charge in [-0.25, -0.2) is 0 Å². The van der Waals surface area contributed by atoms with Crippen LogP contribution in [0.4, 0.5) is 0 Å². The lowest BCUT2D eigenvalue weighted by Gasteiger charge is -2.01. The van der Waals surface area contributed by atoms with E-state index in [0.29, 0.717) is 6.61 Å². The van der Waals surface area contributed by atoms with Crippen LogP contribution in [-0.4, -0.2) is 4.98 Å². The molecule has 0 aliphatic carbocycles.